The SMILES string of the molecule is CC1(CCN)OCC(c2ccc(F)cc2)O1. The largest absolute Gasteiger partial charge is 0.347 e. The van der Waals surface area contributed by atoms with E-state index in [4.69, 9.17) is 15.2 Å². The third-order valence-corrected chi connectivity index (χ3v) is 2.77. The number of hydrogen-bond donors (Lipinski definition) is 1. The third-order valence-electron chi connectivity index (χ3n) is 2.77. The maximum Gasteiger partial charge on any atom is 0.167 e. The average Bonchev–Trinajstić information content (AvgIpc) is 2.62. The van der Waals surface area contributed by atoms with Crippen molar-refractivity contribution in [2.24, 2.45) is 5.73 Å². The van der Waals surface area contributed by atoms with Crippen LogP contribution in [0.5, 0.6) is 0 Å². The molecule has 88 valence electrons. The highest BCUT2D eigenvalue weighted by Crippen LogP contribution is 2.34. The lowest BCUT2D eigenvalue weighted by Gasteiger charge is -2.22. The third kappa shape index (κ3) is 2.40. The highest BCUT2D eigenvalue weighted by Gasteiger charge is 2.37. The van der Waals surface area contributed by atoms with Crippen LogP contribution in [0.2, 0.25) is 0 Å². The molecule has 0 spiro atoms. The molecule has 1 fully saturated rings. The van der Waals surface area contributed by atoms with Crippen molar-refractivity contribution >= 4 is 0 Å². The van der Waals surface area contributed by atoms with Gasteiger partial charge in [-0.05, 0) is 31.2 Å². The van der Waals surface area contributed by atoms with Gasteiger partial charge < -0.3 is 15.2 Å². The van der Waals surface area contributed by atoms with Crippen LogP contribution in [-0.2, 0) is 9.47 Å². The summed E-state index contributed by atoms with van der Waals surface area (Å²) in [5, 5.41) is 0. The van der Waals surface area contributed by atoms with Gasteiger partial charge in [0, 0.05) is 6.42 Å². The van der Waals surface area contributed by atoms with E-state index in [1.165, 1.54) is 12.1 Å². The average molecular weight is 225 g/mol. The number of hydrogen-bond acceptors (Lipinski definition) is 3. The van der Waals surface area contributed by atoms with Crippen molar-refractivity contribution in [3.63, 3.8) is 0 Å². The smallest absolute Gasteiger partial charge is 0.167 e. The van der Waals surface area contributed by atoms with Gasteiger partial charge in [-0.2, -0.15) is 0 Å². The summed E-state index contributed by atoms with van der Waals surface area (Å²) in [4.78, 5) is 0. The Hall–Kier alpha value is -0.970. The maximum absolute atomic E-state index is 12.8. The molecule has 4 heteroatoms. The normalized spacial score (nSPS) is 29.6. The predicted molar refractivity (Wildman–Crippen MR) is 58.3 cm³/mol. The van der Waals surface area contributed by atoms with Crippen molar-refractivity contribution in [2.75, 3.05) is 13.2 Å². The first kappa shape index (κ1) is 11.5. The number of halogens is 1. The Kier molecular flexibility index (Phi) is 3.23. The van der Waals surface area contributed by atoms with Crippen LogP contribution in [-0.4, -0.2) is 18.9 Å². The topological polar surface area (TPSA) is 44.5 Å². The summed E-state index contributed by atoms with van der Waals surface area (Å²) in [6.07, 6.45) is 0.530. The van der Waals surface area contributed by atoms with Crippen LogP contribution in [0.15, 0.2) is 24.3 Å². The molecule has 2 rings (SSSR count). The van der Waals surface area contributed by atoms with E-state index in [2.05, 4.69) is 0 Å². The monoisotopic (exact) mass is 225 g/mol. The number of benzene rings is 1. The zero-order chi connectivity index (χ0) is 11.6. The molecule has 0 aromatic heterocycles. The van der Waals surface area contributed by atoms with Gasteiger partial charge in [-0.1, -0.05) is 12.1 Å². The molecule has 0 amide bonds. The van der Waals surface area contributed by atoms with Gasteiger partial charge >= 0.3 is 0 Å². The van der Waals surface area contributed by atoms with Crippen molar-refractivity contribution in [2.45, 2.75) is 25.2 Å². The summed E-state index contributed by atoms with van der Waals surface area (Å²) in [5.41, 5.74) is 6.42. The van der Waals surface area contributed by atoms with E-state index < -0.39 is 5.79 Å². The van der Waals surface area contributed by atoms with Gasteiger partial charge in [0.25, 0.3) is 0 Å². The van der Waals surface area contributed by atoms with E-state index in [1.54, 1.807) is 12.1 Å². The summed E-state index contributed by atoms with van der Waals surface area (Å²) in [5.74, 6) is -0.847. The quantitative estimate of drug-likeness (QED) is 0.855. The molecule has 2 atom stereocenters. The molecule has 0 aliphatic carbocycles. The van der Waals surface area contributed by atoms with Gasteiger partial charge in [-0.25, -0.2) is 4.39 Å². The van der Waals surface area contributed by atoms with Crippen LogP contribution in [0, 0.1) is 5.82 Å². The van der Waals surface area contributed by atoms with Gasteiger partial charge in [0.05, 0.1) is 6.61 Å². The standard InChI is InChI=1S/C12H16FNO2/c1-12(6-7-14)15-8-11(16-12)9-2-4-10(13)5-3-9/h2-5,11H,6-8,14H2,1H3. The number of rotatable bonds is 3. The minimum absolute atomic E-state index is 0.128. The first-order chi connectivity index (χ1) is 7.63. The molecule has 0 saturated carbocycles. The van der Waals surface area contributed by atoms with E-state index >= 15 is 0 Å². The molecule has 2 N–H and O–H groups in total. The molecule has 0 radical (unpaired) electrons. The second kappa shape index (κ2) is 4.49. The van der Waals surface area contributed by atoms with Crippen molar-refractivity contribution < 1.29 is 13.9 Å². The second-order valence-electron chi connectivity index (χ2n) is 4.14. The van der Waals surface area contributed by atoms with Crippen molar-refractivity contribution in [1.82, 2.24) is 0 Å². The van der Waals surface area contributed by atoms with Gasteiger partial charge in [-0.15, -0.1) is 0 Å². The minimum Gasteiger partial charge on any atom is -0.347 e. The Balaban J connectivity index is 2.06. The van der Waals surface area contributed by atoms with Gasteiger partial charge in [0.2, 0.25) is 0 Å². The Labute approximate surface area is 94.3 Å². The maximum atomic E-state index is 12.8. The fraction of sp³-hybridized carbons (Fsp3) is 0.500. The van der Waals surface area contributed by atoms with Gasteiger partial charge in [0.15, 0.2) is 5.79 Å². The fourth-order valence-corrected chi connectivity index (χ4v) is 1.86. The zero-order valence-electron chi connectivity index (χ0n) is 9.28. The summed E-state index contributed by atoms with van der Waals surface area (Å²) >= 11 is 0. The first-order valence-corrected chi connectivity index (χ1v) is 5.40. The summed E-state index contributed by atoms with van der Waals surface area (Å²) in [6.45, 7) is 2.89. The van der Waals surface area contributed by atoms with Crippen LogP contribution < -0.4 is 5.73 Å². The van der Waals surface area contributed by atoms with Crippen molar-refractivity contribution in [3.8, 4) is 0 Å². The Morgan fingerprint density at radius 3 is 2.75 bits per heavy atom. The molecule has 1 aromatic rings. The molecular weight excluding hydrogens is 209 g/mol. The molecule has 2 unspecified atom stereocenters. The predicted octanol–water partition coefficient (Wildman–Crippen LogP) is 1.98. The molecule has 1 aliphatic heterocycles. The second-order valence-corrected chi connectivity index (χ2v) is 4.14. The highest BCUT2D eigenvalue weighted by molar-refractivity contribution is 5.19. The Bertz CT molecular complexity index is 355. The van der Waals surface area contributed by atoms with Crippen molar-refractivity contribution in [3.05, 3.63) is 35.6 Å². The van der Waals surface area contributed by atoms with Crippen molar-refractivity contribution in [1.29, 1.82) is 0 Å². The van der Waals surface area contributed by atoms with E-state index in [0.717, 1.165) is 5.56 Å². The zero-order valence-corrected chi connectivity index (χ0v) is 9.28. The molecular formula is C12H16FNO2. The molecule has 3 nitrogen and oxygen atoms in total. The molecule has 16 heavy (non-hydrogen) atoms. The summed E-state index contributed by atoms with van der Waals surface area (Å²) in [6, 6.07) is 6.30. The summed E-state index contributed by atoms with van der Waals surface area (Å²) in [7, 11) is 0. The molecule has 1 aromatic carbocycles. The van der Waals surface area contributed by atoms with Crippen LogP contribution in [0.25, 0.3) is 0 Å². The van der Waals surface area contributed by atoms with Gasteiger partial charge in [0.1, 0.15) is 11.9 Å². The van der Waals surface area contributed by atoms with E-state index in [1.807, 2.05) is 6.92 Å². The lowest BCUT2D eigenvalue weighted by Crippen LogP contribution is -2.28. The number of ether oxygens (including phenoxy) is 2. The van der Waals surface area contributed by atoms with Crippen LogP contribution >= 0.6 is 0 Å². The molecule has 0 bridgehead atoms. The van der Waals surface area contributed by atoms with Crippen LogP contribution in [0.4, 0.5) is 4.39 Å². The van der Waals surface area contributed by atoms with E-state index in [0.29, 0.717) is 19.6 Å². The summed E-state index contributed by atoms with van der Waals surface area (Å²) < 4.78 is 24.1. The molecule has 1 heterocycles. The lowest BCUT2D eigenvalue weighted by atomic mass is 10.1. The Morgan fingerprint density at radius 2 is 2.12 bits per heavy atom. The van der Waals surface area contributed by atoms with Gasteiger partial charge in [-0.3, -0.25) is 0 Å². The molecule has 1 saturated heterocycles. The lowest BCUT2D eigenvalue weighted by molar-refractivity contribution is -0.157. The van der Waals surface area contributed by atoms with Crippen LogP contribution in [0.1, 0.15) is 25.0 Å². The molecule has 1 aliphatic rings. The van der Waals surface area contributed by atoms with E-state index in [-0.39, 0.29) is 11.9 Å². The van der Waals surface area contributed by atoms with Crippen LogP contribution in [0.3, 0.4) is 0 Å². The number of nitrogens with two attached hydrogens (primary N) is 1. The van der Waals surface area contributed by atoms with E-state index in [9.17, 15) is 4.39 Å². The minimum atomic E-state index is -0.603. The Morgan fingerprint density at radius 1 is 1.44 bits per heavy atom. The fourth-order valence-electron chi connectivity index (χ4n) is 1.86. The highest BCUT2D eigenvalue weighted by atomic mass is 19.1. The first-order valence-electron chi connectivity index (χ1n) is 5.40.